The molecular formula is C25H20NOS2-. The van der Waals surface area contributed by atoms with E-state index in [1.165, 1.54) is 9.28 Å². The van der Waals surface area contributed by atoms with Crippen molar-refractivity contribution in [2.45, 2.75) is 18.4 Å². The van der Waals surface area contributed by atoms with Crippen LogP contribution < -0.4 is 3.71 Å². The molecule has 1 unspecified atom stereocenters. The van der Waals surface area contributed by atoms with Gasteiger partial charge in [-0.2, -0.15) is 0 Å². The summed E-state index contributed by atoms with van der Waals surface area (Å²) in [7, 11) is 0. The first-order valence-corrected chi connectivity index (χ1v) is 10.5. The molecule has 4 heteroatoms. The van der Waals surface area contributed by atoms with Crippen LogP contribution in [0.25, 0.3) is 16.7 Å². The molecule has 144 valence electrons. The summed E-state index contributed by atoms with van der Waals surface area (Å²) >= 11 is 9.77. The summed E-state index contributed by atoms with van der Waals surface area (Å²) < 4.78 is 1.38. The Balaban J connectivity index is 1.86. The maximum absolute atomic E-state index is 12.5. The van der Waals surface area contributed by atoms with Crippen molar-refractivity contribution < 1.29 is 5.11 Å². The minimum atomic E-state index is -1.30. The van der Waals surface area contributed by atoms with Gasteiger partial charge >= 0.3 is 0 Å². The fourth-order valence-electron chi connectivity index (χ4n) is 4.66. The van der Waals surface area contributed by atoms with E-state index in [4.69, 9.17) is 12.8 Å². The van der Waals surface area contributed by atoms with Gasteiger partial charge in [-0.15, -0.1) is 0 Å². The fourth-order valence-corrected chi connectivity index (χ4v) is 4.98. The van der Waals surface area contributed by atoms with Gasteiger partial charge < -0.3 is 21.6 Å². The normalized spacial score (nSPS) is 19.5. The Hall–Kier alpha value is -2.40. The van der Waals surface area contributed by atoms with Gasteiger partial charge in [0.15, 0.2) is 0 Å². The maximum Gasteiger partial charge on any atom is 0.144 e. The topological polar surface area (TPSA) is 23.5 Å². The van der Waals surface area contributed by atoms with Gasteiger partial charge in [-0.05, 0) is 41.2 Å². The summed E-state index contributed by atoms with van der Waals surface area (Å²) in [5.74, 6) is 0. The summed E-state index contributed by atoms with van der Waals surface area (Å²) in [4.78, 5) is 0. The molecule has 5 rings (SSSR count). The second-order valence-corrected chi connectivity index (χ2v) is 8.47. The van der Waals surface area contributed by atoms with Crippen molar-refractivity contribution in [1.82, 2.24) is 0 Å². The number of aliphatic hydroxyl groups is 1. The fraction of sp³-hybridized carbons (Fsp3) is 0.120. The Morgan fingerprint density at radius 2 is 1.52 bits per heavy atom. The van der Waals surface area contributed by atoms with E-state index in [2.05, 4.69) is 43.2 Å². The number of rotatable bonds is 3. The largest absolute Gasteiger partial charge is 0.653 e. The molecule has 29 heavy (non-hydrogen) atoms. The van der Waals surface area contributed by atoms with Gasteiger partial charge in [0.05, 0.1) is 0 Å². The van der Waals surface area contributed by atoms with E-state index in [1.807, 2.05) is 54.6 Å². The zero-order valence-corrected chi connectivity index (χ0v) is 17.5. The Morgan fingerprint density at radius 3 is 2.21 bits per heavy atom. The van der Waals surface area contributed by atoms with Crippen LogP contribution >= 0.6 is 12.8 Å². The lowest BCUT2D eigenvalue weighted by Gasteiger charge is -2.35. The number of hydrogen-bond acceptors (Lipinski definition) is 4. The van der Waals surface area contributed by atoms with Crippen molar-refractivity contribution in [3.63, 3.8) is 0 Å². The second-order valence-electron chi connectivity index (χ2n) is 7.43. The van der Waals surface area contributed by atoms with Crippen LogP contribution in [0.1, 0.15) is 35.1 Å². The predicted molar refractivity (Wildman–Crippen MR) is 126 cm³/mol. The molecule has 3 aromatic carbocycles. The van der Waals surface area contributed by atoms with Crippen molar-refractivity contribution in [1.29, 1.82) is 0 Å². The monoisotopic (exact) mass is 414 g/mol. The van der Waals surface area contributed by atoms with Crippen molar-refractivity contribution >= 4 is 36.9 Å². The Bertz CT molecular complexity index is 1160. The van der Waals surface area contributed by atoms with Crippen LogP contribution in [0.3, 0.4) is 0 Å². The van der Waals surface area contributed by atoms with Crippen LogP contribution in [0.4, 0.5) is 5.69 Å². The minimum Gasteiger partial charge on any atom is -0.653 e. The number of nitrogens with zero attached hydrogens (tertiary/aromatic N) is 1. The maximum atomic E-state index is 12.5. The summed E-state index contributed by atoms with van der Waals surface area (Å²) in [5, 5.41) is 12.5. The van der Waals surface area contributed by atoms with E-state index in [-0.39, 0.29) is 0 Å². The first kappa shape index (κ1) is 18.6. The van der Waals surface area contributed by atoms with Crippen molar-refractivity contribution in [2.75, 3.05) is 3.71 Å². The summed E-state index contributed by atoms with van der Waals surface area (Å²) in [6.07, 6.45) is 8.39. The molecule has 2 nitrogen and oxygen atoms in total. The SMILES string of the molecule is OC1(c2ccccc2C2=CC=CCC2)c2ccccc2-c2cccc(N([S-])S)c21. The highest BCUT2D eigenvalue weighted by molar-refractivity contribution is 7.92. The van der Waals surface area contributed by atoms with E-state index in [1.54, 1.807) is 0 Å². The number of allylic oxidation sites excluding steroid dienone is 4. The Morgan fingerprint density at radius 1 is 0.862 bits per heavy atom. The Kier molecular flexibility index (Phi) is 4.58. The highest BCUT2D eigenvalue weighted by Gasteiger charge is 2.46. The second kappa shape index (κ2) is 7.13. The number of anilines is 1. The number of fused-ring (bicyclic) bond motifs is 3. The molecule has 1 atom stereocenters. The summed E-state index contributed by atoms with van der Waals surface area (Å²) in [6, 6.07) is 22.2. The molecule has 0 amide bonds. The summed E-state index contributed by atoms with van der Waals surface area (Å²) in [5.41, 5.74) is 6.32. The molecule has 0 fully saturated rings. The molecule has 0 spiro atoms. The molecule has 0 bridgehead atoms. The van der Waals surface area contributed by atoms with Crippen molar-refractivity contribution in [3.8, 4) is 11.1 Å². The first-order chi connectivity index (χ1) is 14.1. The standard InChI is InChI=1S/C25H20NOS2/c27-25(21-14-6-4-11-18(21)17-9-2-1-3-10-17)22-15-7-5-12-19(22)20-13-8-16-23(24(20)25)26(28)29/h1-2,4-9,11-16,27-28H,3,10H2/q-1. The molecule has 0 saturated carbocycles. The van der Waals surface area contributed by atoms with E-state index >= 15 is 0 Å². The van der Waals surface area contributed by atoms with Crippen LogP contribution in [0.15, 0.2) is 85.0 Å². The Labute approximate surface area is 182 Å². The molecule has 0 heterocycles. The van der Waals surface area contributed by atoms with Crippen molar-refractivity contribution in [2.24, 2.45) is 0 Å². The van der Waals surface area contributed by atoms with Crippen LogP contribution in [-0.4, -0.2) is 5.11 Å². The van der Waals surface area contributed by atoms with E-state index in [9.17, 15) is 5.11 Å². The lowest BCUT2D eigenvalue weighted by molar-refractivity contribution is 0.131. The third kappa shape index (κ3) is 2.78. The van der Waals surface area contributed by atoms with Gasteiger partial charge in [-0.1, -0.05) is 91.7 Å². The van der Waals surface area contributed by atoms with E-state index in [0.717, 1.165) is 51.9 Å². The molecular weight excluding hydrogens is 394 g/mol. The van der Waals surface area contributed by atoms with Gasteiger partial charge in [0.1, 0.15) is 5.60 Å². The highest BCUT2D eigenvalue weighted by atomic mass is 32.2. The average Bonchev–Trinajstić information content (AvgIpc) is 3.04. The minimum absolute atomic E-state index is 0.729. The number of benzene rings is 3. The van der Waals surface area contributed by atoms with E-state index in [0.29, 0.717) is 0 Å². The van der Waals surface area contributed by atoms with Crippen LogP contribution in [0.2, 0.25) is 0 Å². The molecule has 3 aromatic rings. The van der Waals surface area contributed by atoms with Crippen LogP contribution in [0, 0.1) is 0 Å². The molecule has 0 radical (unpaired) electrons. The molecule has 0 aromatic heterocycles. The summed E-state index contributed by atoms with van der Waals surface area (Å²) in [6.45, 7) is 0. The van der Waals surface area contributed by atoms with Crippen LogP contribution in [-0.2, 0) is 18.4 Å². The van der Waals surface area contributed by atoms with Gasteiger partial charge in [-0.3, -0.25) is 0 Å². The van der Waals surface area contributed by atoms with E-state index < -0.39 is 5.60 Å². The molecule has 2 aliphatic carbocycles. The average molecular weight is 415 g/mol. The van der Waals surface area contributed by atoms with Gasteiger partial charge in [0, 0.05) is 22.4 Å². The number of thiol groups is 1. The zero-order valence-electron chi connectivity index (χ0n) is 15.7. The number of hydrogen-bond donors (Lipinski definition) is 2. The smallest absolute Gasteiger partial charge is 0.144 e. The predicted octanol–water partition coefficient (Wildman–Crippen LogP) is 5.80. The third-order valence-electron chi connectivity index (χ3n) is 5.89. The highest BCUT2D eigenvalue weighted by Crippen LogP contribution is 2.55. The molecule has 0 aliphatic heterocycles. The molecule has 0 saturated heterocycles. The van der Waals surface area contributed by atoms with Gasteiger partial charge in [0.25, 0.3) is 0 Å². The molecule has 1 N–H and O–H groups in total. The quantitative estimate of drug-likeness (QED) is 0.418. The van der Waals surface area contributed by atoms with Crippen molar-refractivity contribution in [3.05, 3.63) is 107 Å². The van der Waals surface area contributed by atoms with Gasteiger partial charge in [-0.25, -0.2) is 0 Å². The zero-order chi connectivity index (χ0) is 20.0. The lowest BCUT2D eigenvalue weighted by Crippen LogP contribution is -2.29. The first-order valence-electron chi connectivity index (χ1n) is 9.70. The molecule has 2 aliphatic rings. The third-order valence-corrected chi connectivity index (χ3v) is 6.31. The van der Waals surface area contributed by atoms with Gasteiger partial charge in [0.2, 0.25) is 0 Å². The lowest BCUT2D eigenvalue weighted by atomic mass is 9.78. The van der Waals surface area contributed by atoms with Crippen LogP contribution in [0.5, 0.6) is 0 Å².